The molecule has 1 heterocycles. The first-order valence-corrected chi connectivity index (χ1v) is 47.4. The highest BCUT2D eigenvalue weighted by molar-refractivity contribution is 9.12. The molecular formula is C122H88BBr3O6. The van der Waals surface area contributed by atoms with E-state index in [0.29, 0.717) is 11.1 Å². The topological polar surface area (TPSA) is 93.1 Å². The monoisotopic (exact) mass is 1900 g/mol. The molecule has 636 valence electrons. The average Bonchev–Trinajstić information content (AvgIpc) is 0.797. The van der Waals surface area contributed by atoms with E-state index < -0.39 is 41.4 Å². The van der Waals surface area contributed by atoms with E-state index in [1.54, 1.807) is 24.3 Å². The smallest absolute Gasteiger partial charge is 0.399 e. The molecule has 0 radical (unpaired) electrons. The van der Waals surface area contributed by atoms with Crippen LogP contribution in [0.25, 0.3) is 152 Å². The van der Waals surface area contributed by atoms with Gasteiger partial charge in [0, 0.05) is 36.4 Å². The molecule has 5 aliphatic rings. The lowest BCUT2D eigenvalue weighted by molar-refractivity contribution is -0.0704. The van der Waals surface area contributed by atoms with Gasteiger partial charge in [0.1, 0.15) is 11.2 Å². The number of halogens is 3. The number of carbonyl (C=O) groups excluding carboxylic acids is 2. The summed E-state index contributed by atoms with van der Waals surface area (Å²) in [5.41, 5.74) is 11.9. The molecule has 132 heavy (non-hydrogen) atoms. The third-order valence-electron chi connectivity index (χ3n) is 28.3. The van der Waals surface area contributed by atoms with Crippen molar-refractivity contribution in [3.8, 4) is 44.5 Å². The molecule has 6 atom stereocenters. The van der Waals surface area contributed by atoms with Crippen LogP contribution in [-0.2, 0) is 20.5 Å². The molecule has 4 aliphatic carbocycles. The van der Waals surface area contributed by atoms with Crippen molar-refractivity contribution in [2.24, 2.45) is 23.7 Å². The van der Waals surface area contributed by atoms with Gasteiger partial charge in [-0.15, -0.1) is 0 Å². The van der Waals surface area contributed by atoms with Crippen LogP contribution in [0.2, 0.25) is 0 Å². The van der Waals surface area contributed by atoms with E-state index in [4.69, 9.17) is 9.31 Å². The van der Waals surface area contributed by atoms with Crippen LogP contribution in [0.1, 0.15) is 70.7 Å². The number of allylic oxidation sites excluding steroid dienone is 6. The fourth-order valence-electron chi connectivity index (χ4n) is 21.5. The zero-order valence-corrected chi connectivity index (χ0v) is 77.7. The Kier molecular flexibility index (Phi) is 21.6. The van der Waals surface area contributed by atoms with Crippen LogP contribution in [0.4, 0.5) is 0 Å². The maximum absolute atomic E-state index is 13.0. The van der Waals surface area contributed by atoms with E-state index in [1.165, 1.54) is 131 Å². The number of Topliss-reactive ketones (excluding diaryl/α,β-unsaturated/α-hetero) is 2. The predicted octanol–water partition coefficient (Wildman–Crippen LogP) is 31.0. The zero-order chi connectivity index (χ0) is 89.9. The second-order valence-corrected chi connectivity index (χ2v) is 38.9. The fraction of sp³-hybridized carbons (Fsp3) is 0.0984. The van der Waals surface area contributed by atoms with Gasteiger partial charge in [0.2, 0.25) is 0 Å². The Labute approximate surface area is 792 Å². The summed E-state index contributed by atoms with van der Waals surface area (Å²) in [6.07, 6.45) is 11.6. The molecule has 0 spiro atoms. The lowest BCUT2D eigenvalue weighted by Crippen LogP contribution is -2.54. The van der Waals surface area contributed by atoms with Crippen LogP contribution >= 0.6 is 47.8 Å². The first-order valence-electron chi connectivity index (χ1n) is 45.0. The molecule has 1 saturated heterocycles. The first-order chi connectivity index (χ1) is 64.3. The van der Waals surface area contributed by atoms with Gasteiger partial charge in [-0.25, -0.2) is 0 Å². The summed E-state index contributed by atoms with van der Waals surface area (Å²) in [7, 11) is -0.442. The lowest BCUT2D eigenvalue weighted by Gasteiger charge is -2.53. The van der Waals surface area contributed by atoms with Crippen molar-refractivity contribution in [1.29, 1.82) is 0 Å². The summed E-state index contributed by atoms with van der Waals surface area (Å²) in [5, 5.41) is 50.2. The largest absolute Gasteiger partial charge is 0.494 e. The van der Waals surface area contributed by atoms with E-state index in [1.807, 2.05) is 97.1 Å². The van der Waals surface area contributed by atoms with Crippen molar-refractivity contribution in [1.82, 2.24) is 0 Å². The quantitative estimate of drug-likeness (QED) is 0.122. The molecule has 20 aromatic rings. The van der Waals surface area contributed by atoms with Gasteiger partial charge in [-0.3, -0.25) is 9.59 Å². The summed E-state index contributed by atoms with van der Waals surface area (Å²) in [4.78, 5) is 24.5. The number of benzene rings is 20. The maximum atomic E-state index is 13.0. The van der Waals surface area contributed by atoms with Crippen LogP contribution in [0.15, 0.2) is 438 Å². The van der Waals surface area contributed by atoms with Crippen LogP contribution in [0.5, 0.6) is 0 Å². The molecule has 0 bridgehead atoms. The van der Waals surface area contributed by atoms with E-state index in [9.17, 15) is 19.8 Å². The van der Waals surface area contributed by atoms with Crippen molar-refractivity contribution in [2.75, 3.05) is 0 Å². The maximum Gasteiger partial charge on any atom is 0.494 e. The Morgan fingerprint density at radius 1 is 0.265 bits per heavy atom. The molecule has 1 fully saturated rings. The lowest BCUT2D eigenvalue weighted by atomic mass is 9.54. The standard InChI is InChI=1S/C40H33BO2.C34H25BrO2.C34H21Br.C14H9BrO2/c1-39(2)40(3,4)43-41(42-39)28-23-24-35-36(25-28)38(32-22-12-16-27-14-6-8-18-30(27)32)34-20-10-9-19-33(34)37(35)31-21-11-15-26-13-5-7-17-29(26)31;35-24-19-20-31-32(21-24)34(37,28-18-8-12-23-10-2-4-14-26(23)28)30-16-6-5-15-29(30)33(31,36)27-17-7-11-22-9-1-3-13-25(22)27;35-24-19-20-31-32(21-24)34(28-18-8-12-23-10-2-4-14-26(23)28)30-16-6-5-15-29(30)33(31)27-17-7-11-22-9-1-3-13-25(22)27;15-8-5-6-11-12(7-8)14(17)10-4-2-1-3-9(10)13(11)16/h5-25H,1-4H3;1-21,31-32,36-37H;1-21H;1-7,11-12H. The minimum absolute atomic E-state index is 0.0338. The summed E-state index contributed by atoms with van der Waals surface area (Å²) in [5.74, 6) is -1.44. The number of fused-ring (bicyclic) bond motifs is 14. The molecule has 0 saturated carbocycles. The predicted molar refractivity (Wildman–Crippen MR) is 560 cm³/mol. The van der Waals surface area contributed by atoms with Crippen LogP contribution in [-0.4, -0.2) is 40.1 Å². The van der Waals surface area contributed by atoms with Gasteiger partial charge in [0.05, 0.1) is 23.0 Å². The first kappa shape index (κ1) is 84.2. The molecule has 1 aliphatic heterocycles. The highest BCUT2D eigenvalue weighted by atomic mass is 79.9. The van der Waals surface area contributed by atoms with Crippen molar-refractivity contribution in [3.63, 3.8) is 0 Å². The number of carbonyl (C=O) groups is 2. The highest BCUT2D eigenvalue weighted by Gasteiger charge is 2.59. The minimum atomic E-state index is -1.36. The number of rotatable bonds is 7. The van der Waals surface area contributed by atoms with Gasteiger partial charge in [0.15, 0.2) is 11.6 Å². The molecule has 6 nitrogen and oxygen atoms in total. The zero-order valence-electron chi connectivity index (χ0n) is 73.0. The van der Waals surface area contributed by atoms with Gasteiger partial charge in [-0.2, -0.15) is 0 Å². The molecule has 10 heteroatoms. The van der Waals surface area contributed by atoms with Gasteiger partial charge >= 0.3 is 7.12 Å². The molecule has 20 aromatic carbocycles. The Hall–Kier alpha value is -13.4. The summed E-state index contributed by atoms with van der Waals surface area (Å²) in [6.45, 7) is 8.45. The van der Waals surface area contributed by atoms with Crippen molar-refractivity contribution in [2.45, 2.75) is 50.1 Å². The van der Waals surface area contributed by atoms with Crippen molar-refractivity contribution in [3.05, 3.63) is 472 Å². The number of hydrogen-bond donors (Lipinski definition) is 2. The van der Waals surface area contributed by atoms with Crippen LogP contribution in [0, 0.1) is 23.7 Å². The van der Waals surface area contributed by atoms with Crippen LogP contribution in [0.3, 0.4) is 0 Å². The Bertz CT molecular complexity index is 8260. The second kappa shape index (κ2) is 33.8. The minimum Gasteiger partial charge on any atom is -0.399 e. The fourth-order valence-corrected chi connectivity index (χ4v) is 22.7. The van der Waals surface area contributed by atoms with Gasteiger partial charge in [0.25, 0.3) is 0 Å². The SMILES string of the molecule is Brc1ccc2c(-c3cccc4ccccc34)c3ccccc3c(-c3cccc4ccccc34)c2c1.CC1(C)OB(c2ccc3c(-c4cccc5ccccc45)c4ccccc4c(-c4cccc5ccccc45)c3c2)OC1(C)C.O=C1c2ccccc2C(=O)C2C=C(Br)C=CC12.OC1(c2cccc3ccccc23)c2ccccc2C(O)(c2cccc3ccccc23)C2C=C(Br)C=CC21. The van der Waals surface area contributed by atoms with Gasteiger partial charge in [-0.05, 0) is 220 Å². The third kappa shape index (κ3) is 14.2. The molecule has 25 rings (SSSR count). The molecule has 6 unspecified atom stereocenters. The summed E-state index contributed by atoms with van der Waals surface area (Å²) < 4.78 is 15.9. The molecule has 2 N–H and O–H groups in total. The summed E-state index contributed by atoms with van der Waals surface area (Å²) in [6, 6.07) is 136. The summed E-state index contributed by atoms with van der Waals surface area (Å²) >= 11 is 10.8. The molecule has 0 amide bonds. The van der Waals surface area contributed by atoms with E-state index >= 15 is 0 Å². The van der Waals surface area contributed by atoms with E-state index in [2.05, 4.69) is 379 Å². The van der Waals surface area contributed by atoms with E-state index in [0.717, 1.165) is 62.7 Å². The van der Waals surface area contributed by atoms with E-state index in [-0.39, 0.29) is 23.4 Å². The average molecular weight is 1900 g/mol. The normalized spacial score (nSPS) is 19.1. The Balaban J connectivity index is 0.000000107. The van der Waals surface area contributed by atoms with Crippen molar-refractivity contribution < 1.29 is 29.1 Å². The molecular weight excluding hydrogens is 1810 g/mol. The van der Waals surface area contributed by atoms with Crippen LogP contribution < -0.4 is 5.46 Å². The highest BCUT2D eigenvalue weighted by Crippen LogP contribution is 2.61. The number of aliphatic hydroxyl groups is 2. The van der Waals surface area contributed by atoms with Crippen molar-refractivity contribution >= 4 is 180 Å². The Morgan fingerprint density at radius 3 is 0.977 bits per heavy atom. The second-order valence-electron chi connectivity index (χ2n) is 36.1. The third-order valence-corrected chi connectivity index (χ3v) is 29.9. The number of ketones is 2. The van der Waals surface area contributed by atoms with Gasteiger partial charge in [-0.1, -0.05) is 460 Å². The molecule has 0 aromatic heterocycles. The Morgan fingerprint density at radius 2 is 0.553 bits per heavy atom. The number of hydrogen-bond acceptors (Lipinski definition) is 6. The van der Waals surface area contributed by atoms with Gasteiger partial charge < -0.3 is 19.5 Å².